The number of fused-ring (bicyclic) bond motifs is 1. The molecule has 3 N–H and O–H groups in total. The molecule has 9 heteroatoms. The van der Waals surface area contributed by atoms with Crippen molar-refractivity contribution < 1.29 is 8.42 Å². The van der Waals surface area contributed by atoms with Gasteiger partial charge in [0.1, 0.15) is 0 Å². The Kier molecular flexibility index (Phi) is 2.84. The van der Waals surface area contributed by atoms with Crippen molar-refractivity contribution in [2.24, 2.45) is 11.8 Å². The molecule has 0 aliphatic carbocycles. The third-order valence-electron chi connectivity index (χ3n) is 3.76. The zero-order valence-corrected chi connectivity index (χ0v) is 10.9. The van der Waals surface area contributed by atoms with Crippen molar-refractivity contribution in [1.82, 2.24) is 19.6 Å². The maximum Gasteiger partial charge on any atom is 0.325 e. The van der Waals surface area contributed by atoms with Crippen molar-refractivity contribution in [2.45, 2.75) is 4.90 Å². The van der Waals surface area contributed by atoms with E-state index >= 15 is 0 Å². The standard InChI is InChI=1S/C10H14N4O4S/c15-9-8(3-12-10(16)13-9)19(17,18)14-4-6-1-11-2-7(6)5-14/h3,6-7,11H,1-2,4-5H2,(H2,12,13,15,16)/t6-,7+. The van der Waals surface area contributed by atoms with Crippen LogP contribution in [0.15, 0.2) is 20.7 Å². The fourth-order valence-corrected chi connectivity index (χ4v) is 4.28. The highest BCUT2D eigenvalue weighted by Gasteiger charge is 2.42. The molecule has 0 amide bonds. The minimum absolute atomic E-state index is 0.302. The maximum atomic E-state index is 12.4. The fraction of sp³-hybridized carbons (Fsp3) is 0.600. The molecule has 19 heavy (non-hydrogen) atoms. The van der Waals surface area contributed by atoms with Gasteiger partial charge < -0.3 is 10.3 Å². The maximum absolute atomic E-state index is 12.4. The highest BCUT2D eigenvalue weighted by Crippen LogP contribution is 2.29. The number of H-pyrrole nitrogens is 2. The SMILES string of the molecule is O=c1[nH]cc(S(=O)(=O)N2C[C@H]3CNC[C@H]3C2)c(=O)[nH]1. The van der Waals surface area contributed by atoms with Gasteiger partial charge in [-0.2, -0.15) is 4.31 Å². The zero-order valence-electron chi connectivity index (χ0n) is 10.0. The zero-order chi connectivity index (χ0) is 13.6. The quantitative estimate of drug-likeness (QED) is 0.576. The van der Waals surface area contributed by atoms with Crippen LogP contribution in [0.3, 0.4) is 0 Å². The smallest absolute Gasteiger partial charge is 0.316 e. The van der Waals surface area contributed by atoms with Gasteiger partial charge in [-0.25, -0.2) is 13.2 Å². The molecule has 104 valence electrons. The Balaban J connectivity index is 1.95. The number of nitrogens with one attached hydrogen (secondary N) is 3. The summed E-state index contributed by atoms with van der Waals surface area (Å²) in [7, 11) is -3.84. The van der Waals surface area contributed by atoms with Gasteiger partial charge in [0, 0.05) is 19.3 Å². The van der Waals surface area contributed by atoms with Gasteiger partial charge >= 0.3 is 5.69 Å². The Morgan fingerprint density at radius 1 is 1.16 bits per heavy atom. The largest absolute Gasteiger partial charge is 0.325 e. The molecule has 2 aliphatic heterocycles. The molecule has 2 fully saturated rings. The topological polar surface area (TPSA) is 115 Å². The first-order valence-corrected chi connectivity index (χ1v) is 7.45. The van der Waals surface area contributed by atoms with Crippen LogP contribution in [0.5, 0.6) is 0 Å². The van der Waals surface area contributed by atoms with Crippen molar-refractivity contribution in [3.63, 3.8) is 0 Å². The van der Waals surface area contributed by atoms with Crippen LogP contribution in [0.25, 0.3) is 0 Å². The summed E-state index contributed by atoms with van der Waals surface area (Å²) < 4.78 is 26.0. The van der Waals surface area contributed by atoms with E-state index in [1.807, 2.05) is 4.98 Å². The summed E-state index contributed by atoms with van der Waals surface area (Å²) >= 11 is 0. The normalized spacial score (nSPS) is 27.6. The summed E-state index contributed by atoms with van der Waals surface area (Å²) in [4.78, 5) is 26.2. The molecule has 0 bridgehead atoms. The lowest BCUT2D eigenvalue weighted by molar-refractivity contribution is 0.446. The Morgan fingerprint density at radius 3 is 2.37 bits per heavy atom. The summed E-state index contributed by atoms with van der Waals surface area (Å²) in [5.41, 5.74) is -1.59. The Labute approximate surface area is 108 Å². The molecule has 2 atom stereocenters. The first-order chi connectivity index (χ1) is 8.98. The average molecular weight is 286 g/mol. The van der Waals surface area contributed by atoms with E-state index in [1.54, 1.807) is 0 Å². The van der Waals surface area contributed by atoms with E-state index in [1.165, 1.54) is 4.31 Å². The molecule has 0 aromatic carbocycles. The molecule has 1 aromatic rings. The Hall–Kier alpha value is -1.45. The second-order valence-electron chi connectivity index (χ2n) is 4.94. The van der Waals surface area contributed by atoms with E-state index in [0.29, 0.717) is 24.9 Å². The second kappa shape index (κ2) is 4.29. The Morgan fingerprint density at radius 2 is 1.79 bits per heavy atom. The van der Waals surface area contributed by atoms with Crippen LogP contribution in [0.1, 0.15) is 0 Å². The van der Waals surface area contributed by atoms with Crippen LogP contribution in [0, 0.1) is 11.8 Å². The predicted octanol–water partition coefficient (Wildman–Crippen LogP) is -2.10. The lowest BCUT2D eigenvalue weighted by atomic mass is 10.0. The van der Waals surface area contributed by atoms with Crippen LogP contribution in [-0.2, 0) is 10.0 Å². The van der Waals surface area contributed by atoms with Crippen molar-refractivity contribution in [2.75, 3.05) is 26.2 Å². The molecule has 0 radical (unpaired) electrons. The van der Waals surface area contributed by atoms with Gasteiger partial charge in [0.25, 0.3) is 5.56 Å². The lowest BCUT2D eigenvalue weighted by Crippen LogP contribution is -2.36. The predicted molar refractivity (Wildman–Crippen MR) is 66.3 cm³/mol. The third kappa shape index (κ3) is 2.03. The van der Waals surface area contributed by atoms with Crippen molar-refractivity contribution >= 4 is 10.0 Å². The van der Waals surface area contributed by atoms with Crippen molar-refractivity contribution in [3.05, 3.63) is 27.0 Å². The van der Waals surface area contributed by atoms with Gasteiger partial charge in [0.15, 0.2) is 4.90 Å². The van der Waals surface area contributed by atoms with E-state index in [0.717, 1.165) is 19.3 Å². The van der Waals surface area contributed by atoms with E-state index < -0.39 is 26.2 Å². The molecular formula is C10H14N4O4S. The average Bonchev–Trinajstić information content (AvgIpc) is 2.87. The molecule has 2 aliphatic rings. The highest BCUT2D eigenvalue weighted by atomic mass is 32.2. The number of hydrogen-bond acceptors (Lipinski definition) is 5. The number of hydrogen-bond donors (Lipinski definition) is 3. The molecule has 8 nitrogen and oxygen atoms in total. The van der Waals surface area contributed by atoms with Crippen LogP contribution in [0.2, 0.25) is 0 Å². The number of aromatic nitrogens is 2. The Bertz CT molecular complexity index is 695. The summed E-state index contributed by atoms with van der Waals surface area (Å²) in [6, 6.07) is 0. The molecule has 3 heterocycles. The van der Waals surface area contributed by atoms with Crippen LogP contribution < -0.4 is 16.6 Å². The first-order valence-electron chi connectivity index (χ1n) is 6.01. The number of aromatic amines is 2. The molecule has 1 aromatic heterocycles. The minimum Gasteiger partial charge on any atom is -0.316 e. The van der Waals surface area contributed by atoms with E-state index in [2.05, 4.69) is 10.3 Å². The van der Waals surface area contributed by atoms with E-state index in [4.69, 9.17) is 0 Å². The molecular weight excluding hydrogens is 272 g/mol. The molecule has 0 unspecified atom stereocenters. The molecule has 3 rings (SSSR count). The summed E-state index contributed by atoms with van der Waals surface area (Å²) in [6.07, 6.45) is 0.961. The van der Waals surface area contributed by atoms with Gasteiger partial charge in [-0.1, -0.05) is 0 Å². The third-order valence-corrected chi connectivity index (χ3v) is 5.60. The first kappa shape index (κ1) is 12.6. The number of nitrogens with zero attached hydrogens (tertiary/aromatic N) is 1. The van der Waals surface area contributed by atoms with Gasteiger partial charge in [-0.15, -0.1) is 0 Å². The lowest BCUT2D eigenvalue weighted by Gasteiger charge is -2.16. The summed E-state index contributed by atoms with van der Waals surface area (Å²) in [6.45, 7) is 2.44. The second-order valence-corrected chi connectivity index (χ2v) is 6.84. The van der Waals surface area contributed by atoms with E-state index in [-0.39, 0.29) is 0 Å². The monoisotopic (exact) mass is 286 g/mol. The summed E-state index contributed by atoms with van der Waals surface area (Å²) in [5, 5.41) is 3.22. The molecule has 0 saturated carbocycles. The molecule has 0 spiro atoms. The molecule has 2 saturated heterocycles. The van der Waals surface area contributed by atoms with Gasteiger partial charge in [0.05, 0.1) is 0 Å². The summed E-state index contributed by atoms with van der Waals surface area (Å²) in [5.74, 6) is 0.605. The van der Waals surface area contributed by atoms with Gasteiger partial charge in [0.2, 0.25) is 10.0 Å². The highest BCUT2D eigenvalue weighted by molar-refractivity contribution is 7.89. The van der Waals surface area contributed by atoms with Crippen molar-refractivity contribution in [1.29, 1.82) is 0 Å². The van der Waals surface area contributed by atoms with E-state index in [9.17, 15) is 18.0 Å². The van der Waals surface area contributed by atoms with Crippen LogP contribution in [0.4, 0.5) is 0 Å². The van der Waals surface area contributed by atoms with Crippen LogP contribution >= 0.6 is 0 Å². The number of sulfonamides is 1. The van der Waals surface area contributed by atoms with Crippen LogP contribution in [-0.4, -0.2) is 48.9 Å². The van der Waals surface area contributed by atoms with Gasteiger partial charge in [-0.05, 0) is 24.9 Å². The fourth-order valence-electron chi connectivity index (χ4n) is 2.74. The number of rotatable bonds is 2. The minimum atomic E-state index is -3.84. The van der Waals surface area contributed by atoms with Crippen molar-refractivity contribution in [3.8, 4) is 0 Å². The van der Waals surface area contributed by atoms with Gasteiger partial charge in [-0.3, -0.25) is 9.78 Å².